The fourth-order valence-electron chi connectivity index (χ4n) is 2.21. The van der Waals surface area contributed by atoms with Crippen molar-refractivity contribution >= 4 is 34.8 Å². The molecule has 2 aromatic rings. The Kier molecular flexibility index (Phi) is 5.77. The summed E-state index contributed by atoms with van der Waals surface area (Å²) in [5.74, 6) is -0.0453. The minimum atomic E-state index is -0.180. The van der Waals surface area contributed by atoms with Gasteiger partial charge in [-0.25, -0.2) is 0 Å². The first-order chi connectivity index (χ1) is 11.0. The average molecular weight is 331 g/mol. The van der Waals surface area contributed by atoms with Crippen LogP contribution in [-0.4, -0.2) is 17.7 Å². The van der Waals surface area contributed by atoms with Crippen LogP contribution in [0.4, 0.5) is 11.4 Å². The normalized spacial score (nSPS) is 10.2. The van der Waals surface area contributed by atoms with Crippen molar-refractivity contribution in [1.82, 2.24) is 0 Å². The number of anilines is 2. The van der Waals surface area contributed by atoms with Crippen molar-refractivity contribution in [1.29, 1.82) is 0 Å². The Bertz CT molecular complexity index is 691. The highest BCUT2D eigenvalue weighted by atomic mass is 35.5. The summed E-state index contributed by atoms with van der Waals surface area (Å²) in [6.07, 6.45) is 0.260. The molecule has 2 aromatic carbocycles. The number of hydrogen-bond donors (Lipinski definition) is 2. The summed E-state index contributed by atoms with van der Waals surface area (Å²) in [4.78, 5) is 23.8. The molecule has 120 valence electrons. The standard InChI is InChI=1S/C18H19ClN2O2/c1-12-4-3-5-13(2)17(12)21-18(23)14-6-8-15(9-7-14)20-16(22)10-11-19/h3-9H,10-11H2,1-2H3,(H,20,22)(H,21,23). The van der Waals surface area contributed by atoms with Crippen LogP contribution in [0.3, 0.4) is 0 Å². The molecular formula is C18H19ClN2O2. The topological polar surface area (TPSA) is 58.2 Å². The molecule has 0 atom stereocenters. The molecule has 0 unspecified atom stereocenters. The summed E-state index contributed by atoms with van der Waals surface area (Å²) in [5.41, 5.74) is 4.04. The van der Waals surface area contributed by atoms with E-state index < -0.39 is 0 Å². The average Bonchev–Trinajstić information content (AvgIpc) is 2.52. The number of benzene rings is 2. The van der Waals surface area contributed by atoms with E-state index in [0.717, 1.165) is 16.8 Å². The molecule has 23 heavy (non-hydrogen) atoms. The Morgan fingerprint density at radius 1 is 0.957 bits per heavy atom. The van der Waals surface area contributed by atoms with Crippen LogP contribution in [0.15, 0.2) is 42.5 Å². The van der Waals surface area contributed by atoms with Gasteiger partial charge in [0, 0.05) is 29.2 Å². The van der Waals surface area contributed by atoms with Crippen LogP contribution in [0, 0.1) is 13.8 Å². The quantitative estimate of drug-likeness (QED) is 0.810. The van der Waals surface area contributed by atoms with Gasteiger partial charge in [0.25, 0.3) is 5.91 Å². The van der Waals surface area contributed by atoms with Crippen molar-refractivity contribution in [2.24, 2.45) is 0 Å². The SMILES string of the molecule is Cc1cccc(C)c1NC(=O)c1ccc(NC(=O)CCCl)cc1. The van der Waals surface area contributed by atoms with Crippen LogP contribution in [0.1, 0.15) is 27.9 Å². The highest BCUT2D eigenvalue weighted by Crippen LogP contribution is 2.20. The smallest absolute Gasteiger partial charge is 0.255 e. The zero-order valence-corrected chi connectivity index (χ0v) is 13.9. The first-order valence-corrected chi connectivity index (χ1v) is 7.88. The Hall–Kier alpha value is -2.33. The molecule has 0 bridgehead atoms. The van der Waals surface area contributed by atoms with Crippen molar-refractivity contribution < 1.29 is 9.59 Å². The van der Waals surface area contributed by atoms with Crippen LogP contribution >= 0.6 is 11.6 Å². The predicted molar refractivity (Wildman–Crippen MR) is 94.3 cm³/mol. The molecule has 0 fully saturated rings. The van der Waals surface area contributed by atoms with E-state index in [1.165, 1.54) is 0 Å². The maximum absolute atomic E-state index is 12.3. The molecule has 0 spiro atoms. The molecule has 4 nitrogen and oxygen atoms in total. The number of nitrogens with one attached hydrogen (secondary N) is 2. The van der Waals surface area contributed by atoms with Crippen molar-refractivity contribution in [2.45, 2.75) is 20.3 Å². The third kappa shape index (κ3) is 4.57. The monoisotopic (exact) mass is 330 g/mol. The van der Waals surface area contributed by atoms with Crippen molar-refractivity contribution in [3.63, 3.8) is 0 Å². The Labute approximate surface area is 140 Å². The summed E-state index contributed by atoms with van der Waals surface area (Å²) >= 11 is 5.52. The molecule has 0 aromatic heterocycles. The summed E-state index contributed by atoms with van der Waals surface area (Å²) < 4.78 is 0. The predicted octanol–water partition coefficient (Wildman–Crippen LogP) is 4.12. The molecule has 2 amide bonds. The highest BCUT2D eigenvalue weighted by Gasteiger charge is 2.10. The van der Waals surface area contributed by atoms with Gasteiger partial charge < -0.3 is 10.6 Å². The van der Waals surface area contributed by atoms with Gasteiger partial charge in [-0.1, -0.05) is 18.2 Å². The van der Waals surface area contributed by atoms with Gasteiger partial charge in [0.05, 0.1) is 0 Å². The first kappa shape index (κ1) is 17.0. The van der Waals surface area contributed by atoms with Crippen molar-refractivity contribution in [2.75, 3.05) is 16.5 Å². The number of hydrogen-bond acceptors (Lipinski definition) is 2. The zero-order chi connectivity index (χ0) is 16.8. The lowest BCUT2D eigenvalue weighted by Crippen LogP contribution is -2.14. The second-order valence-electron chi connectivity index (χ2n) is 5.29. The summed E-state index contributed by atoms with van der Waals surface area (Å²) in [5, 5.41) is 5.65. The third-order valence-electron chi connectivity index (χ3n) is 3.47. The number of rotatable bonds is 5. The second-order valence-corrected chi connectivity index (χ2v) is 5.66. The number of aryl methyl sites for hydroxylation is 2. The van der Waals surface area contributed by atoms with E-state index in [-0.39, 0.29) is 24.1 Å². The van der Waals surface area contributed by atoms with Crippen LogP contribution < -0.4 is 10.6 Å². The molecule has 5 heteroatoms. The van der Waals surface area contributed by atoms with E-state index in [1.54, 1.807) is 24.3 Å². The Morgan fingerprint density at radius 3 is 2.13 bits per heavy atom. The maximum Gasteiger partial charge on any atom is 0.255 e. The zero-order valence-electron chi connectivity index (χ0n) is 13.2. The van der Waals surface area contributed by atoms with Gasteiger partial charge >= 0.3 is 0 Å². The fourth-order valence-corrected chi connectivity index (χ4v) is 2.38. The maximum atomic E-state index is 12.3. The van der Waals surface area contributed by atoms with Gasteiger partial charge in [-0.15, -0.1) is 11.6 Å². The summed E-state index contributed by atoms with van der Waals surface area (Å²) in [6, 6.07) is 12.6. The Balaban J connectivity index is 2.07. The molecule has 0 aliphatic carbocycles. The van der Waals surface area contributed by atoms with E-state index >= 15 is 0 Å². The van der Waals surface area contributed by atoms with E-state index in [2.05, 4.69) is 10.6 Å². The lowest BCUT2D eigenvalue weighted by molar-refractivity contribution is -0.115. The molecule has 2 rings (SSSR count). The lowest BCUT2D eigenvalue weighted by atomic mass is 10.1. The molecule has 0 aliphatic rings. The van der Waals surface area contributed by atoms with Gasteiger partial charge in [0.1, 0.15) is 0 Å². The van der Waals surface area contributed by atoms with E-state index in [0.29, 0.717) is 11.3 Å². The molecule has 0 saturated carbocycles. The number of amides is 2. The van der Waals surface area contributed by atoms with Crippen molar-refractivity contribution in [3.8, 4) is 0 Å². The molecule has 0 radical (unpaired) electrons. The van der Waals surface area contributed by atoms with Gasteiger partial charge in [-0.3, -0.25) is 9.59 Å². The van der Waals surface area contributed by atoms with Gasteiger partial charge in [0.15, 0.2) is 0 Å². The van der Waals surface area contributed by atoms with E-state index in [4.69, 9.17) is 11.6 Å². The minimum absolute atomic E-state index is 0.146. The largest absolute Gasteiger partial charge is 0.326 e. The van der Waals surface area contributed by atoms with Crippen LogP contribution in [0.2, 0.25) is 0 Å². The van der Waals surface area contributed by atoms with Crippen LogP contribution in [-0.2, 0) is 4.79 Å². The number of halogens is 1. The molecule has 0 heterocycles. The molecule has 2 N–H and O–H groups in total. The number of carbonyl (C=O) groups is 2. The number of para-hydroxylation sites is 1. The van der Waals surface area contributed by atoms with E-state index in [1.807, 2.05) is 32.0 Å². The first-order valence-electron chi connectivity index (χ1n) is 7.34. The van der Waals surface area contributed by atoms with Gasteiger partial charge in [-0.05, 0) is 49.2 Å². The second kappa shape index (κ2) is 7.79. The molecular weight excluding hydrogens is 312 g/mol. The number of carbonyl (C=O) groups excluding carboxylic acids is 2. The summed E-state index contributed by atoms with van der Waals surface area (Å²) in [7, 11) is 0. The van der Waals surface area contributed by atoms with Gasteiger partial charge in [-0.2, -0.15) is 0 Å². The number of alkyl halides is 1. The van der Waals surface area contributed by atoms with E-state index in [9.17, 15) is 9.59 Å². The van der Waals surface area contributed by atoms with Crippen LogP contribution in [0.5, 0.6) is 0 Å². The van der Waals surface area contributed by atoms with Crippen molar-refractivity contribution in [3.05, 3.63) is 59.2 Å². The molecule has 0 saturated heterocycles. The fraction of sp³-hybridized carbons (Fsp3) is 0.222. The van der Waals surface area contributed by atoms with Crippen LogP contribution in [0.25, 0.3) is 0 Å². The lowest BCUT2D eigenvalue weighted by Gasteiger charge is -2.12. The summed E-state index contributed by atoms with van der Waals surface area (Å²) in [6.45, 7) is 3.91. The minimum Gasteiger partial charge on any atom is -0.326 e. The Morgan fingerprint density at radius 2 is 1.57 bits per heavy atom. The highest BCUT2D eigenvalue weighted by molar-refractivity contribution is 6.19. The molecule has 0 aliphatic heterocycles. The van der Waals surface area contributed by atoms with Gasteiger partial charge in [0.2, 0.25) is 5.91 Å². The third-order valence-corrected chi connectivity index (χ3v) is 3.66.